The first-order valence-electron chi connectivity index (χ1n) is 6.66. The van der Waals surface area contributed by atoms with E-state index in [4.69, 9.17) is 4.74 Å². The van der Waals surface area contributed by atoms with Crippen molar-refractivity contribution in [1.29, 1.82) is 0 Å². The third-order valence-corrected chi connectivity index (χ3v) is 3.01. The van der Waals surface area contributed by atoms with E-state index in [9.17, 15) is 4.79 Å². The maximum atomic E-state index is 11.7. The highest BCUT2D eigenvalue weighted by molar-refractivity contribution is 5.78. The van der Waals surface area contributed by atoms with Gasteiger partial charge in [-0.25, -0.2) is 0 Å². The number of amides is 1. The lowest BCUT2D eigenvalue weighted by Gasteiger charge is -2.21. The zero-order valence-corrected chi connectivity index (χ0v) is 12.0. The van der Waals surface area contributed by atoms with E-state index in [0.717, 1.165) is 5.56 Å². The molecule has 0 heterocycles. The number of nitrogens with one attached hydrogen (secondary N) is 2. The minimum atomic E-state index is 0.00519. The molecule has 106 valence electrons. The van der Waals surface area contributed by atoms with Gasteiger partial charge in [0.1, 0.15) is 0 Å². The Hall–Kier alpha value is -1.39. The largest absolute Gasteiger partial charge is 0.383 e. The quantitative estimate of drug-likeness (QED) is 0.749. The third-order valence-electron chi connectivity index (χ3n) is 3.01. The smallest absolute Gasteiger partial charge is 0.234 e. The zero-order chi connectivity index (χ0) is 14.1. The van der Waals surface area contributed by atoms with E-state index in [2.05, 4.69) is 24.5 Å². The maximum absolute atomic E-state index is 11.7. The van der Waals surface area contributed by atoms with E-state index in [0.29, 0.717) is 25.6 Å². The predicted molar refractivity (Wildman–Crippen MR) is 76.8 cm³/mol. The molecule has 1 rings (SSSR count). The molecule has 0 aliphatic carbocycles. The molecule has 0 spiro atoms. The molecule has 0 aliphatic heterocycles. The lowest BCUT2D eigenvalue weighted by atomic mass is 10.1. The minimum absolute atomic E-state index is 0.00519. The van der Waals surface area contributed by atoms with Crippen LogP contribution in [0.4, 0.5) is 0 Å². The second-order valence-electron chi connectivity index (χ2n) is 4.95. The predicted octanol–water partition coefficient (Wildman–Crippen LogP) is 1.56. The van der Waals surface area contributed by atoms with Crippen molar-refractivity contribution in [2.45, 2.75) is 26.4 Å². The average Bonchev–Trinajstić information content (AvgIpc) is 2.42. The third kappa shape index (κ3) is 6.36. The molecule has 4 nitrogen and oxygen atoms in total. The highest BCUT2D eigenvalue weighted by Gasteiger charge is 2.13. The van der Waals surface area contributed by atoms with E-state index in [1.807, 2.05) is 30.3 Å². The van der Waals surface area contributed by atoms with Crippen LogP contribution < -0.4 is 10.6 Å². The summed E-state index contributed by atoms with van der Waals surface area (Å²) in [6.45, 7) is 5.72. The van der Waals surface area contributed by atoms with Crippen molar-refractivity contribution in [3.8, 4) is 0 Å². The van der Waals surface area contributed by atoms with Crippen LogP contribution in [-0.2, 0) is 16.1 Å². The summed E-state index contributed by atoms with van der Waals surface area (Å²) in [5, 5.41) is 6.11. The Morgan fingerprint density at radius 1 is 1.26 bits per heavy atom. The molecule has 1 amide bonds. The fraction of sp³-hybridized carbons (Fsp3) is 0.533. The number of methoxy groups -OCH3 is 1. The van der Waals surface area contributed by atoms with Gasteiger partial charge in [-0.3, -0.25) is 4.79 Å². The maximum Gasteiger partial charge on any atom is 0.234 e. The van der Waals surface area contributed by atoms with Gasteiger partial charge in [0.25, 0.3) is 0 Å². The van der Waals surface area contributed by atoms with Gasteiger partial charge in [0.2, 0.25) is 5.91 Å². The van der Waals surface area contributed by atoms with Gasteiger partial charge < -0.3 is 15.4 Å². The van der Waals surface area contributed by atoms with Crippen LogP contribution in [0.25, 0.3) is 0 Å². The summed E-state index contributed by atoms with van der Waals surface area (Å²) in [6.07, 6.45) is 0. The van der Waals surface area contributed by atoms with Crippen molar-refractivity contribution in [3.63, 3.8) is 0 Å². The topological polar surface area (TPSA) is 50.4 Å². The van der Waals surface area contributed by atoms with Gasteiger partial charge in [-0.1, -0.05) is 44.2 Å². The van der Waals surface area contributed by atoms with Crippen LogP contribution in [0.3, 0.4) is 0 Å². The summed E-state index contributed by atoms with van der Waals surface area (Å²) in [5.74, 6) is 0.437. The van der Waals surface area contributed by atoms with E-state index in [-0.39, 0.29) is 11.9 Å². The summed E-state index contributed by atoms with van der Waals surface area (Å²) < 4.78 is 5.13. The second kappa shape index (κ2) is 8.67. The van der Waals surface area contributed by atoms with Crippen LogP contribution in [0.5, 0.6) is 0 Å². The van der Waals surface area contributed by atoms with Gasteiger partial charge in [-0.05, 0) is 11.5 Å². The van der Waals surface area contributed by atoms with Crippen molar-refractivity contribution >= 4 is 5.91 Å². The molecule has 1 aromatic rings. The molecule has 2 N–H and O–H groups in total. The molecule has 0 aliphatic rings. The Kier molecular flexibility index (Phi) is 7.15. The molecule has 0 radical (unpaired) electrons. The van der Waals surface area contributed by atoms with Crippen LogP contribution in [-0.4, -0.2) is 32.2 Å². The molecule has 0 saturated carbocycles. The molecular weight excluding hydrogens is 240 g/mol. The van der Waals surface area contributed by atoms with E-state index in [1.54, 1.807) is 7.11 Å². The fourth-order valence-corrected chi connectivity index (χ4v) is 1.75. The van der Waals surface area contributed by atoms with Gasteiger partial charge in [0.15, 0.2) is 0 Å². The zero-order valence-electron chi connectivity index (χ0n) is 12.0. The first kappa shape index (κ1) is 15.7. The number of benzene rings is 1. The van der Waals surface area contributed by atoms with Crippen LogP contribution in [0, 0.1) is 5.92 Å². The Bertz CT molecular complexity index is 366. The number of carbonyl (C=O) groups excluding carboxylic acids is 1. The Balaban J connectivity index is 2.27. The van der Waals surface area contributed by atoms with Crippen LogP contribution in [0.1, 0.15) is 19.4 Å². The SMILES string of the molecule is COCC(NCC(=O)NCc1ccccc1)C(C)C. The minimum Gasteiger partial charge on any atom is -0.383 e. The van der Waals surface area contributed by atoms with Crippen LogP contribution in [0.15, 0.2) is 30.3 Å². The van der Waals surface area contributed by atoms with Crippen molar-refractivity contribution in [3.05, 3.63) is 35.9 Å². The Morgan fingerprint density at radius 3 is 2.53 bits per heavy atom. The summed E-state index contributed by atoms with van der Waals surface area (Å²) in [6, 6.07) is 10.1. The molecule has 0 fully saturated rings. The summed E-state index contributed by atoms with van der Waals surface area (Å²) in [5.41, 5.74) is 1.10. The van der Waals surface area contributed by atoms with E-state index >= 15 is 0 Å². The molecular formula is C15H24N2O2. The summed E-state index contributed by atoms with van der Waals surface area (Å²) in [4.78, 5) is 11.7. The molecule has 1 unspecified atom stereocenters. The van der Waals surface area contributed by atoms with Gasteiger partial charge in [-0.2, -0.15) is 0 Å². The fourth-order valence-electron chi connectivity index (χ4n) is 1.75. The number of ether oxygens (including phenoxy) is 1. The van der Waals surface area contributed by atoms with Gasteiger partial charge in [0.05, 0.1) is 13.2 Å². The van der Waals surface area contributed by atoms with Crippen LogP contribution >= 0.6 is 0 Å². The lowest BCUT2D eigenvalue weighted by Crippen LogP contribution is -2.43. The normalized spacial score (nSPS) is 12.4. The van der Waals surface area contributed by atoms with Crippen LogP contribution in [0.2, 0.25) is 0 Å². The molecule has 0 saturated heterocycles. The molecule has 1 atom stereocenters. The average molecular weight is 264 g/mol. The van der Waals surface area contributed by atoms with E-state index < -0.39 is 0 Å². The van der Waals surface area contributed by atoms with Crippen molar-refractivity contribution in [2.75, 3.05) is 20.3 Å². The number of rotatable bonds is 8. The van der Waals surface area contributed by atoms with Gasteiger partial charge >= 0.3 is 0 Å². The monoisotopic (exact) mass is 264 g/mol. The van der Waals surface area contributed by atoms with Gasteiger partial charge in [0, 0.05) is 19.7 Å². The summed E-state index contributed by atoms with van der Waals surface area (Å²) >= 11 is 0. The number of carbonyl (C=O) groups is 1. The first-order chi connectivity index (χ1) is 9.13. The van der Waals surface area contributed by atoms with Crippen molar-refractivity contribution in [2.24, 2.45) is 5.92 Å². The second-order valence-corrected chi connectivity index (χ2v) is 4.95. The Morgan fingerprint density at radius 2 is 1.95 bits per heavy atom. The molecule has 4 heteroatoms. The standard InChI is InChI=1S/C15H24N2O2/c1-12(2)14(11-19-3)16-10-15(18)17-9-13-7-5-4-6-8-13/h4-8,12,14,16H,9-11H2,1-3H3,(H,17,18). The lowest BCUT2D eigenvalue weighted by molar-refractivity contribution is -0.120. The molecule has 19 heavy (non-hydrogen) atoms. The first-order valence-corrected chi connectivity index (χ1v) is 6.66. The Labute approximate surface area is 115 Å². The van der Waals surface area contributed by atoms with Crippen molar-refractivity contribution in [1.82, 2.24) is 10.6 Å². The van der Waals surface area contributed by atoms with E-state index in [1.165, 1.54) is 0 Å². The molecule has 0 bridgehead atoms. The van der Waals surface area contributed by atoms with Crippen molar-refractivity contribution < 1.29 is 9.53 Å². The highest BCUT2D eigenvalue weighted by atomic mass is 16.5. The highest BCUT2D eigenvalue weighted by Crippen LogP contribution is 2.01. The summed E-state index contributed by atoms with van der Waals surface area (Å²) in [7, 11) is 1.67. The van der Waals surface area contributed by atoms with Gasteiger partial charge in [-0.15, -0.1) is 0 Å². The number of hydrogen-bond donors (Lipinski definition) is 2. The molecule has 1 aromatic carbocycles. The number of hydrogen-bond acceptors (Lipinski definition) is 3. The molecule has 0 aromatic heterocycles.